The van der Waals surface area contributed by atoms with Crippen molar-refractivity contribution in [2.24, 2.45) is 0 Å². The van der Waals surface area contributed by atoms with Crippen LogP contribution in [0.3, 0.4) is 0 Å². The summed E-state index contributed by atoms with van der Waals surface area (Å²) in [6.45, 7) is 12.9. The summed E-state index contributed by atoms with van der Waals surface area (Å²) in [6.07, 6.45) is 1.81. The van der Waals surface area contributed by atoms with Gasteiger partial charge < -0.3 is 20.7 Å². The van der Waals surface area contributed by atoms with E-state index in [0.29, 0.717) is 24.0 Å². The van der Waals surface area contributed by atoms with Crippen LogP contribution in [0.25, 0.3) is 0 Å². The van der Waals surface area contributed by atoms with Crippen LogP contribution in [0, 0.1) is 0 Å². The SMILES string of the molecule is CCOc1nc(CC)nc(NCCCN(CC)CC)c1N. The van der Waals surface area contributed by atoms with Crippen molar-refractivity contribution in [1.29, 1.82) is 0 Å². The number of aryl methyl sites for hydroxylation is 1. The van der Waals surface area contributed by atoms with E-state index in [0.717, 1.165) is 44.8 Å². The molecule has 120 valence electrons. The molecule has 0 radical (unpaired) electrons. The molecule has 0 saturated heterocycles. The first-order chi connectivity index (χ1) is 10.2. The molecule has 0 bridgehead atoms. The van der Waals surface area contributed by atoms with Crippen LogP contribution in [-0.2, 0) is 6.42 Å². The Labute approximate surface area is 128 Å². The van der Waals surface area contributed by atoms with Crippen molar-refractivity contribution in [3.05, 3.63) is 5.82 Å². The van der Waals surface area contributed by atoms with Gasteiger partial charge in [-0.25, -0.2) is 4.98 Å². The van der Waals surface area contributed by atoms with Crippen LogP contribution >= 0.6 is 0 Å². The summed E-state index contributed by atoms with van der Waals surface area (Å²) in [5, 5.41) is 3.31. The van der Waals surface area contributed by atoms with E-state index in [1.807, 2.05) is 13.8 Å². The van der Waals surface area contributed by atoms with Gasteiger partial charge >= 0.3 is 0 Å². The largest absolute Gasteiger partial charge is 0.476 e. The highest BCUT2D eigenvalue weighted by Crippen LogP contribution is 2.26. The van der Waals surface area contributed by atoms with Crippen molar-refractivity contribution in [1.82, 2.24) is 14.9 Å². The predicted octanol–water partition coefficient (Wildman–Crippen LogP) is 2.16. The van der Waals surface area contributed by atoms with Crippen LogP contribution in [0.5, 0.6) is 5.88 Å². The fourth-order valence-corrected chi connectivity index (χ4v) is 2.08. The number of nitrogen functional groups attached to an aromatic ring is 1. The number of ether oxygens (including phenoxy) is 1. The van der Waals surface area contributed by atoms with Crippen LogP contribution in [0.1, 0.15) is 39.9 Å². The normalized spacial score (nSPS) is 10.9. The highest BCUT2D eigenvalue weighted by molar-refractivity contribution is 5.66. The fourth-order valence-electron chi connectivity index (χ4n) is 2.08. The molecule has 0 unspecified atom stereocenters. The van der Waals surface area contributed by atoms with Gasteiger partial charge in [-0.3, -0.25) is 0 Å². The number of hydrogen-bond donors (Lipinski definition) is 2. The van der Waals surface area contributed by atoms with Gasteiger partial charge in [-0.1, -0.05) is 20.8 Å². The van der Waals surface area contributed by atoms with E-state index in [4.69, 9.17) is 10.5 Å². The molecule has 0 aliphatic carbocycles. The number of anilines is 2. The summed E-state index contributed by atoms with van der Waals surface area (Å²) >= 11 is 0. The standard InChI is InChI=1S/C15H29N5O/c1-5-12-18-14(13(16)15(19-12)21-8-4)17-10-9-11-20(6-2)7-3/h5-11,16H2,1-4H3,(H,17,18,19). The summed E-state index contributed by atoms with van der Waals surface area (Å²) in [6, 6.07) is 0. The minimum absolute atomic E-state index is 0.482. The number of nitrogens with one attached hydrogen (secondary N) is 1. The molecule has 0 aliphatic heterocycles. The second kappa shape index (κ2) is 9.39. The third-order valence-corrected chi connectivity index (χ3v) is 3.39. The van der Waals surface area contributed by atoms with Gasteiger partial charge in [-0.05, 0) is 33.0 Å². The van der Waals surface area contributed by atoms with E-state index < -0.39 is 0 Å². The van der Waals surface area contributed by atoms with E-state index in [1.165, 1.54) is 0 Å². The molecule has 6 heteroatoms. The molecule has 0 aliphatic rings. The van der Waals surface area contributed by atoms with Gasteiger partial charge in [0.2, 0.25) is 5.88 Å². The number of rotatable bonds is 10. The van der Waals surface area contributed by atoms with Crippen molar-refractivity contribution in [2.75, 3.05) is 43.8 Å². The Bertz CT molecular complexity index is 421. The molecule has 6 nitrogen and oxygen atoms in total. The first kappa shape index (κ1) is 17.5. The minimum atomic E-state index is 0.482. The van der Waals surface area contributed by atoms with Crippen LogP contribution in [-0.4, -0.2) is 47.7 Å². The topological polar surface area (TPSA) is 76.3 Å². The molecular weight excluding hydrogens is 266 g/mol. The summed E-state index contributed by atoms with van der Waals surface area (Å²) in [5.74, 6) is 1.92. The Morgan fingerprint density at radius 2 is 1.86 bits per heavy atom. The van der Waals surface area contributed by atoms with Crippen LogP contribution in [0.4, 0.5) is 11.5 Å². The molecule has 3 N–H and O–H groups in total. The molecule has 0 aromatic carbocycles. The highest BCUT2D eigenvalue weighted by atomic mass is 16.5. The van der Waals surface area contributed by atoms with Gasteiger partial charge in [-0.15, -0.1) is 0 Å². The first-order valence-corrected chi connectivity index (χ1v) is 7.91. The number of nitrogens with zero attached hydrogens (tertiary/aromatic N) is 3. The number of aromatic nitrogens is 2. The monoisotopic (exact) mass is 295 g/mol. The lowest BCUT2D eigenvalue weighted by Crippen LogP contribution is -2.25. The number of nitrogens with two attached hydrogens (primary N) is 1. The predicted molar refractivity (Wildman–Crippen MR) is 87.9 cm³/mol. The summed E-state index contributed by atoms with van der Waals surface area (Å²) in [4.78, 5) is 11.2. The number of hydrogen-bond acceptors (Lipinski definition) is 6. The van der Waals surface area contributed by atoms with Crippen LogP contribution in [0.15, 0.2) is 0 Å². The third kappa shape index (κ3) is 5.38. The zero-order chi connectivity index (χ0) is 15.7. The molecule has 1 aromatic heterocycles. The average Bonchev–Trinajstić information content (AvgIpc) is 2.50. The lowest BCUT2D eigenvalue weighted by atomic mass is 10.3. The molecule has 0 saturated carbocycles. The highest BCUT2D eigenvalue weighted by Gasteiger charge is 2.11. The second-order valence-corrected chi connectivity index (χ2v) is 4.80. The Morgan fingerprint density at radius 1 is 1.14 bits per heavy atom. The van der Waals surface area contributed by atoms with Gasteiger partial charge in [0.05, 0.1) is 6.61 Å². The first-order valence-electron chi connectivity index (χ1n) is 7.91. The Kier molecular flexibility index (Phi) is 7.82. The average molecular weight is 295 g/mol. The minimum Gasteiger partial charge on any atom is -0.476 e. The summed E-state index contributed by atoms with van der Waals surface area (Å²) < 4.78 is 5.47. The molecule has 1 heterocycles. The molecule has 0 fully saturated rings. The van der Waals surface area contributed by atoms with Crippen molar-refractivity contribution >= 4 is 11.5 Å². The quantitative estimate of drug-likeness (QED) is 0.644. The maximum atomic E-state index is 6.06. The van der Waals surface area contributed by atoms with E-state index in [2.05, 4.69) is 34.0 Å². The fraction of sp³-hybridized carbons (Fsp3) is 0.733. The maximum absolute atomic E-state index is 6.06. The molecule has 1 aromatic rings. The molecule has 0 amide bonds. The Hall–Kier alpha value is -1.56. The van der Waals surface area contributed by atoms with Crippen molar-refractivity contribution < 1.29 is 4.74 Å². The Morgan fingerprint density at radius 3 is 2.43 bits per heavy atom. The Balaban J connectivity index is 2.63. The molecule has 1 rings (SSSR count). The third-order valence-electron chi connectivity index (χ3n) is 3.39. The van der Waals surface area contributed by atoms with Gasteiger partial charge in [0.25, 0.3) is 0 Å². The summed E-state index contributed by atoms with van der Waals surface area (Å²) in [7, 11) is 0. The van der Waals surface area contributed by atoms with E-state index >= 15 is 0 Å². The van der Waals surface area contributed by atoms with E-state index in [1.54, 1.807) is 0 Å². The van der Waals surface area contributed by atoms with Crippen molar-refractivity contribution in [3.8, 4) is 5.88 Å². The smallest absolute Gasteiger partial charge is 0.242 e. The van der Waals surface area contributed by atoms with Crippen LogP contribution in [0.2, 0.25) is 0 Å². The van der Waals surface area contributed by atoms with Gasteiger partial charge in [0.15, 0.2) is 5.82 Å². The van der Waals surface area contributed by atoms with Crippen molar-refractivity contribution in [2.45, 2.75) is 40.5 Å². The van der Waals surface area contributed by atoms with Crippen LogP contribution < -0.4 is 15.8 Å². The van der Waals surface area contributed by atoms with Gasteiger partial charge in [0, 0.05) is 13.0 Å². The zero-order valence-corrected chi connectivity index (χ0v) is 13.8. The molecule has 0 atom stereocenters. The van der Waals surface area contributed by atoms with Gasteiger partial charge in [-0.2, -0.15) is 4.98 Å². The maximum Gasteiger partial charge on any atom is 0.242 e. The zero-order valence-electron chi connectivity index (χ0n) is 13.8. The van der Waals surface area contributed by atoms with E-state index in [9.17, 15) is 0 Å². The van der Waals surface area contributed by atoms with Gasteiger partial charge in [0.1, 0.15) is 11.5 Å². The molecule has 21 heavy (non-hydrogen) atoms. The van der Waals surface area contributed by atoms with Crippen molar-refractivity contribution in [3.63, 3.8) is 0 Å². The molecular formula is C15H29N5O. The lowest BCUT2D eigenvalue weighted by Gasteiger charge is -2.18. The molecule has 0 spiro atoms. The second-order valence-electron chi connectivity index (χ2n) is 4.80. The summed E-state index contributed by atoms with van der Waals surface area (Å²) in [5.41, 5.74) is 6.56. The lowest BCUT2D eigenvalue weighted by molar-refractivity contribution is 0.303. The van der Waals surface area contributed by atoms with E-state index in [-0.39, 0.29) is 0 Å².